The van der Waals surface area contributed by atoms with Crippen LogP contribution in [0.2, 0.25) is 0 Å². The largest absolute Gasteiger partial charge is 0.394 e. The first kappa shape index (κ1) is 11.2. The standard InChI is InChI=1S/C15H21NO/c17-10-15(12-4-2-1-3-5-12)16-14-9-11-6-7-13(14)8-11/h1-5,11,13-17H,6-10H2/t11?,13?,14?,15-/m0/s1. The molecule has 0 saturated heterocycles. The van der Waals surface area contributed by atoms with Gasteiger partial charge in [-0.1, -0.05) is 36.8 Å². The third-order valence-corrected chi connectivity index (χ3v) is 4.54. The highest BCUT2D eigenvalue weighted by Crippen LogP contribution is 2.45. The van der Waals surface area contributed by atoms with Crippen LogP contribution in [-0.2, 0) is 0 Å². The van der Waals surface area contributed by atoms with Crippen LogP contribution in [0.25, 0.3) is 0 Å². The van der Waals surface area contributed by atoms with Crippen LogP contribution in [0, 0.1) is 11.8 Å². The Labute approximate surface area is 103 Å². The lowest BCUT2D eigenvalue weighted by atomic mass is 9.94. The normalized spacial score (nSPS) is 32.9. The first-order valence-electron chi connectivity index (χ1n) is 6.78. The lowest BCUT2D eigenvalue weighted by molar-refractivity contribution is 0.215. The fourth-order valence-corrected chi connectivity index (χ4v) is 3.65. The number of hydrogen-bond acceptors (Lipinski definition) is 2. The summed E-state index contributed by atoms with van der Waals surface area (Å²) in [6.45, 7) is 0.192. The molecule has 3 unspecified atom stereocenters. The van der Waals surface area contributed by atoms with E-state index in [9.17, 15) is 5.11 Å². The molecule has 0 radical (unpaired) electrons. The summed E-state index contributed by atoms with van der Waals surface area (Å²) in [5.74, 6) is 1.81. The maximum absolute atomic E-state index is 9.55. The van der Waals surface area contributed by atoms with Crippen molar-refractivity contribution in [2.45, 2.75) is 37.8 Å². The van der Waals surface area contributed by atoms with Crippen LogP contribution in [0.1, 0.15) is 37.3 Å². The number of aliphatic hydroxyl groups is 1. The van der Waals surface area contributed by atoms with Gasteiger partial charge in [-0.05, 0) is 36.7 Å². The third-order valence-electron chi connectivity index (χ3n) is 4.54. The second-order valence-electron chi connectivity index (χ2n) is 5.59. The maximum atomic E-state index is 9.55. The molecule has 0 amide bonds. The Kier molecular flexibility index (Phi) is 3.17. The Morgan fingerprint density at radius 1 is 1.18 bits per heavy atom. The Bertz CT molecular complexity index is 364. The lowest BCUT2D eigenvalue weighted by Crippen LogP contribution is -2.38. The van der Waals surface area contributed by atoms with Crippen LogP contribution in [0.15, 0.2) is 30.3 Å². The van der Waals surface area contributed by atoms with Crippen molar-refractivity contribution in [2.75, 3.05) is 6.61 Å². The molecule has 0 aliphatic heterocycles. The quantitative estimate of drug-likeness (QED) is 0.834. The summed E-state index contributed by atoms with van der Waals surface area (Å²) in [6.07, 6.45) is 5.53. The molecular weight excluding hydrogens is 210 g/mol. The van der Waals surface area contributed by atoms with Crippen molar-refractivity contribution >= 4 is 0 Å². The minimum absolute atomic E-state index is 0.112. The van der Waals surface area contributed by atoms with Crippen LogP contribution >= 0.6 is 0 Å². The summed E-state index contributed by atoms with van der Waals surface area (Å²) in [7, 11) is 0. The minimum Gasteiger partial charge on any atom is -0.394 e. The van der Waals surface area contributed by atoms with Gasteiger partial charge in [0.05, 0.1) is 12.6 Å². The van der Waals surface area contributed by atoms with Crippen molar-refractivity contribution in [2.24, 2.45) is 11.8 Å². The molecular formula is C15H21NO. The molecule has 1 aromatic carbocycles. The summed E-state index contributed by atoms with van der Waals surface area (Å²) in [4.78, 5) is 0. The molecule has 2 saturated carbocycles. The van der Waals surface area contributed by atoms with Crippen LogP contribution in [-0.4, -0.2) is 17.8 Å². The monoisotopic (exact) mass is 231 g/mol. The van der Waals surface area contributed by atoms with E-state index in [1.807, 2.05) is 18.2 Å². The molecule has 17 heavy (non-hydrogen) atoms. The third kappa shape index (κ3) is 2.24. The van der Waals surface area contributed by atoms with E-state index in [0.717, 1.165) is 11.8 Å². The number of fused-ring (bicyclic) bond motifs is 2. The smallest absolute Gasteiger partial charge is 0.0626 e. The molecule has 2 aliphatic rings. The fraction of sp³-hybridized carbons (Fsp3) is 0.600. The van der Waals surface area contributed by atoms with Gasteiger partial charge in [0.1, 0.15) is 0 Å². The number of rotatable bonds is 4. The van der Waals surface area contributed by atoms with Crippen molar-refractivity contribution in [1.29, 1.82) is 0 Å². The molecule has 0 heterocycles. The van der Waals surface area contributed by atoms with Crippen LogP contribution in [0.4, 0.5) is 0 Å². The first-order valence-corrected chi connectivity index (χ1v) is 6.78. The van der Waals surface area contributed by atoms with E-state index in [1.165, 1.54) is 31.2 Å². The van der Waals surface area contributed by atoms with Gasteiger partial charge in [-0.25, -0.2) is 0 Å². The van der Waals surface area contributed by atoms with E-state index in [0.29, 0.717) is 6.04 Å². The topological polar surface area (TPSA) is 32.3 Å². The van der Waals surface area contributed by atoms with E-state index in [-0.39, 0.29) is 12.6 Å². The summed E-state index contributed by atoms with van der Waals surface area (Å²) >= 11 is 0. The van der Waals surface area contributed by atoms with Crippen molar-refractivity contribution in [1.82, 2.24) is 5.32 Å². The first-order chi connectivity index (χ1) is 8.36. The number of aliphatic hydroxyl groups excluding tert-OH is 1. The average Bonchev–Trinajstić information content (AvgIpc) is 2.99. The van der Waals surface area contributed by atoms with Crippen molar-refractivity contribution < 1.29 is 5.11 Å². The molecule has 4 atom stereocenters. The van der Waals surface area contributed by atoms with Crippen molar-refractivity contribution in [3.05, 3.63) is 35.9 Å². The van der Waals surface area contributed by atoms with E-state index < -0.39 is 0 Å². The Balaban J connectivity index is 1.67. The second-order valence-corrected chi connectivity index (χ2v) is 5.59. The Morgan fingerprint density at radius 3 is 2.59 bits per heavy atom. The molecule has 92 valence electrons. The average molecular weight is 231 g/mol. The lowest BCUT2D eigenvalue weighted by Gasteiger charge is -2.28. The predicted octanol–water partition coefficient (Wildman–Crippen LogP) is 2.50. The Hall–Kier alpha value is -0.860. The SMILES string of the molecule is OC[C@H](NC1CC2CCC1C2)c1ccccc1. The van der Waals surface area contributed by atoms with Gasteiger partial charge >= 0.3 is 0 Å². The van der Waals surface area contributed by atoms with Gasteiger partial charge in [0.2, 0.25) is 0 Å². The van der Waals surface area contributed by atoms with E-state index in [2.05, 4.69) is 17.4 Å². The molecule has 2 N–H and O–H groups in total. The summed E-state index contributed by atoms with van der Waals surface area (Å²) in [6, 6.07) is 11.0. The minimum atomic E-state index is 0.112. The molecule has 0 aromatic heterocycles. The van der Waals surface area contributed by atoms with Crippen LogP contribution < -0.4 is 5.32 Å². The Morgan fingerprint density at radius 2 is 2.00 bits per heavy atom. The molecule has 2 nitrogen and oxygen atoms in total. The molecule has 2 heteroatoms. The molecule has 2 bridgehead atoms. The molecule has 0 spiro atoms. The van der Waals surface area contributed by atoms with Crippen LogP contribution in [0.3, 0.4) is 0 Å². The van der Waals surface area contributed by atoms with Gasteiger partial charge in [-0.2, -0.15) is 0 Å². The van der Waals surface area contributed by atoms with E-state index in [4.69, 9.17) is 0 Å². The van der Waals surface area contributed by atoms with E-state index >= 15 is 0 Å². The van der Waals surface area contributed by atoms with Gasteiger partial charge in [0.15, 0.2) is 0 Å². The number of benzene rings is 1. The van der Waals surface area contributed by atoms with Gasteiger partial charge < -0.3 is 10.4 Å². The number of nitrogens with one attached hydrogen (secondary N) is 1. The molecule has 2 fully saturated rings. The van der Waals surface area contributed by atoms with Gasteiger partial charge in [-0.3, -0.25) is 0 Å². The van der Waals surface area contributed by atoms with E-state index in [1.54, 1.807) is 0 Å². The van der Waals surface area contributed by atoms with Crippen LogP contribution in [0.5, 0.6) is 0 Å². The molecule has 1 aromatic rings. The molecule has 3 rings (SSSR count). The maximum Gasteiger partial charge on any atom is 0.0626 e. The van der Waals surface area contributed by atoms with Crippen molar-refractivity contribution in [3.8, 4) is 0 Å². The highest BCUT2D eigenvalue weighted by atomic mass is 16.3. The summed E-state index contributed by atoms with van der Waals surface area (Å²) in [5, 5.41) is 13.2. The predicted molar refractivity (Wildman–Crippen MR) is 68.6 cm³/mol. The zero-order valence-electron chi connectivity index (χ0n) is 10.2. The fourth-order valence-electron chi connectivity index (χ4n) is 3.65. The van der Waals surface area contributed by atoms with Gasteiger partial charge in [0, 0.05) is 6.04 Å². The zero-order chi connectivity index (χ0) is 11.7. The highest BCUT2D eigenvalue weighted by molar-refractivity contribution is 5.19. The number of hydrogen-bond donors (Lipinski definition) is 2. The van der Waals surface area contributed by atoms with Gasteiger partial charge in [-0.15, -0.1) is 0 Å². The summed E-state index contributed by atoms with van der Waals surface area (Å²) in [5.41, 5.74) is 1.21. The zero-order valence-corrected chi connectivity index (χ0v) is 10.2. The highest BCUT2D eigenvalue weighted by Gasteiger charge is 2.40. The van der Waals surface area contributed by atoms with Crippen molar-refractivity contribution in [3.63, 3.8) is 0 Å². The van der Waals surface area contributed by atoms with Gasteiger partial charge in [0.25, 0.3) is 0 Å². The molecule has 2 aliphatic carbocycles. The second kappa shape index (κ2) is 4.79. The summed E-state index contributed by atoms with van der Waals surface area (Å²) < 4.78 is 0.